The van der Waals surface area contributed by atoms with Crippen LogP contribution in [0.4, 0.5) is 5.69 Å². The molecule has 0 spiro atoms. The minimum atomic E-state index is -0.403. The zero-order valence-corrected chi connectivity index (χ0v) is 12.8. The molecule has 0 aliphatic heterocycles. The molecule has 7 nitrogen and oxygen atoms in total. The molecule has 0 fully saturated rings. The second kappa shape index (κ2) is 6.09. The van der Waals surface area contributed by atoms with Crippen LogP contribution in [0.15, 0.2) is 18.2 Å². The molecule has 0 saturated carbocycles. The number of aromatic nitrogens is 4. The molecule has 0 radical (unpaired) electrons. The molecule has 0 saturated heterocycles. The predicted molar refractivity (Wildman–Crippen MR) is 80.0 cm³/mol. The summed E-state index contributed by atoms with van der Waals surface area (Å²) in [5, 5.41) is 12.0. The first-order valence-electron chi connectivity index (χ1n) is 6.80. The Balaban J connectivity index is 2.56. The maximum absolute atomic E-state index is 6.11. The highest BCUT2D eigenvalue weighted by Gasteiger charge is 2.28. The summed E-state index contributed by atoms with van der Waals surface area (Å²) in [6.07, 6.45) is 0. The monoisotopic (exact) mass is 291 g/mol. The molecule has 1 heterocycles. The third-order valence-corrected chi connectivity index (χ3v) is 3.12. The number of hydrogen-bond donors (Lipinski definition) is 1. The molecule has 2 aromatic rings. The first-order valence-corrected chi connectivity index (χ1v) is 6.80. The first kappa shape index (κ1) is 15.2. The van der Waals surface area contributed by atoms with Crippen LogP contribution in [0, 0.1) is 0 Å². The van der Waals surface area contributed by atoms with Gasteiger partial charge in [-0.15, -0.1) is 5.10 Å². The molecule has 2 rings (SSSR count). The molecular weight excluding hydrogens is 270 g/mol. The standard InChI is InChI=1S/C14H21N5O2/c1-5-21-11-8-6-7-10(15)12(11)13-16-17-18-19(13)14(2,3)9-20-4/h6-8H,5,9,15H2,1-4H3. The van der Waals surface area contributed by atoms with Crippen LogP contribution in [-0.4, -0.2) is 40.5 Å². The second-order valence-electron chi connectivity index (χ2n) is 5.31. The van der Waals surface area contributed by atoms with Crippen molar-refractivity contribution in [1.82, 2.24) is 20.2 Å². The number of benzene rings is 1. The molecule has 0 unspecified atom stereocenters. The predicted octanol–water partition coefficient (Wildman–Crippen LogP) is 1.70. The lowest BCUT2D eigenvalue weighted by atomic mass is 10.1. The van der Waals surface area contributed by atoms with Gasteiger partial charge in [0.2, 0.25) is 0 Å². The zero-order valence-electron chi connectivity index (χ0n) is 12.8. The highest BCUT2D eigenvalue weighted by Crippen LogP contribution is 2.35. The molecule has 21 heavy (non-hydrogen) atoms. The van der Waals surface area contributed by atoms with Gasteiger partial charge in [-0.25, -0.2) is 4.68 Å². The Hall–Kier alpha value is -2.15. The molecule has 1 aromatic carbocycles. The largest absolute Gasteiger partial charge is 0.493 e. The van der Waals surface area contributed by atoms with Crippen molar-refractivity contribution in [1.29, 1.82) is 0 Å². The number of nitrogen functional groups attached to an aromatic ring is 1. The average molecular weight is 291 g/mol. The maximum Gasteiger partial charge on any atom is 0.188 e. The number of anilines is 1. The molecule has 0 amide bonds. The van der Waals surface area contributed by atoms with Crippen molar-refractivity contribution in [2.75, 3.05) is 26.1 Å². The van der Waals surface area contributed by atoms with Crippen LogP contribution < -0.4 is 10.5 Å². The number of rotatable bonds is 6. The van der Waals surface area contributed by atoms with Gasteiger partial charge in [0.05, 0.1) is 24.3 Å². The van der Waals surface area contributed by atoms with Gasteiger partial charge in [-0.05, 0) is 43.3 Å². The van der Waals surface area contributed by atoms with E-state index in [0.717, 1.165) is 0 Å². The molecule has 7 heteroatoms. The van der Waals surface area contributed by atoms with E-state index >= 15 is 0 Å². The van der Waals surface area contributed by atoms with Crippen LogP contribution in [0.1, 0.15) is 20.8 Å². The van der Waals surface area contributed by atoms with E-state index in [4.69, 9.17) is 15.2 Å². The van der Waals surface area contributed by atoms with Crippen molar-refractivity contribution < 1.29 is 9.47 Å². The van der Waals surface area contributed by atoms with Crippen LogP contribution >= 0.6 is 0 Å². The van der Waals surface area contributed by atoms with Gasteiger partial charge in [0.1, 0.15) is 5.75 Å². The average Bonchev–Trinajstić information content (AvgIpc) is 2.89. The van der Waals surface area contributed by atoms with Crippen LogP contribution in [0.5, 0.6) is 5.75 Å². The molecule has 0 atom stereocenters. The number of methoxy groups -OCH3 is 1. The molecule has 1 aromatic heterocycles. The van der Waals surface area contributed by atoms with Gasteiger partial charge in [-0.2, -0.15) is 0 Å². The van der Waals surface area contributed by atoms with E-state index in [1.807, 2.05) is 32.9 Å². The Labute approximate surface area is 124 Å². The van der Waals surface area contributed by atoms with Gasteiger partial charge in [-0.1, -0.05) is 6.07 Å². The number of nitrogens with zero attached hydrogens (tertiary/aromatic N) is 4. The van der Waals surface area contributed by atoms with Gasteiger partial charge in [-0.3, -0.25) is 0 Å². The highest BCUT2D eigenvalue weighted by atomic mass is 16.5. The fourth-order valence-electron chi connectivity index (χ4n) is 2.23. The molecule has 2 N–H and O–H groups in total. The summed E-state index contributed by atoms with van der Waals surface area (Å²) in [6.45, 7) is 6.93. The van der Waals surface area contributed by atoms with Crippen molar-refractivity contribution in [3.8, 4) is 17.1 Å². The van der Waals surface area contributed by atoms with E-state index in [0.29, 0.717) is 36.0 Å². The third-order valence-electron chi connectivity index (χ3n) is 3.12. The number of tetrazole rings is 1. The van der Waals surface area contributed by atoms with Gasteiger partial charge in [0, 0.05) is 12.8 Å². The zero-order chi connectivity index (χ0) is 15.5. The molecule has 114 valence electrons. The maximum atomic E-state index is 6.11. The Morgan fingerprint density at radius 3 is 2.76 bits per heavy atom. The minimum absolute atomic E-state index is 0.403. The summed E-state index contributed by atoms with van der Waals surface area (Å²) in [5.74, 6) is 1.24. The van der Waals surface area contributed by atoms with E-state index in [1.54, 1.807) is 17.9 Å². The van der Waals surface area contributed by atoms with Crippen molar-refractivity contribution in [2.45, 2.75) is 26.3 Å². The number of hydrogen-bond acceptors (Lipinski definition) is 6. The lowest BCUT2D eigenvalue weighted by Crippen LogP contribution is -2.33. The second-order valence-corrected chi connectivity index (χ2v) is 5.31. The van der Waals surface area contributed by atoms with Gasteiger partial charge in [0.15, 0.2) is 5.82 Å². The third kappa shape index (κ3) is 2.97. The van der Waals surface area contributed by atoms with Gasteiger partial charge < -0.3 is 15.2 Å². The number of ether oxygens (including phenoxy) is 2. The van der Waals surface area contributed by atoms with Crippen LogP contribution in [0.3, 0.4) is 0 Å². The Morgan fingerprint density at radius 2 is 2.10 bits per heavy atom. The number of nitrogens with two attached hydrogens (primary N) is 1. The van der Waals surface area contributed by atoms with Crippen molar-refractivity contribution in [2.24, 2.45) is 0 Å². The van der Waals surface area contributed by atoms with Crippen LogP contribution in [0.25, 0.3) is 11.4 Å². The summed E-state index contributed by atoms with van der Waals surface area (Å²) in [6, 6.07) is 5.51. The molecular formula is C14H21N5O2. The summed E-state index contributed by atoms with van der Waals surface area (Å²) in [4.78, 5) is 0. The van der Waals surface area contributed by atoms with Crippen LogP contribution in [-0.2, 0) is 10.3 Å². The normalized spacial score (nSPS) is 11.6. The highest BCUT2D eigenvalue weighted by molar-refractivity contribution is 5.77. The Kier molecular flexibility index (Phi) is 4.42. The molecule has 0 bridgehead atoms. The Morgan fingerprint density at radius 1 is 1.33 bits per heavy atom. The van der Waals surface area contributed by atoms with Crippen molar-refractivity contribution in [3.63, 3.8) is 0 Å². The van der Waals surface area contributed by atoms with Crippen molar-refractivity contribution >= 4 is 5.69 Å². The topological polar surface area (TPSA) is 88.1 Å². The quantitative estimate of drug-likeness (QED) is 0.815. The SMILES string of the molecule is CCOc1cccc(N)c1-c1nnnn1C(C)(C)COC. The first-order chi connectivity index (χ1) is 10.0. The fourth-order valence-corrected chi connectivity index (χ4v) is 2.23. The smallest absolute Gasteiger partial charge is 0.188 e. The van der Waals surface area contributed by atoms with E-state index in [-0.39, 0.29) is 0 Å². The summed E-state index contributed by atoms with van der Waals surface area (Å²) < 4.78 is 12.6. The fraction of sp³-hybridized carbons (Fsp3) is 0.500. The van der Waals surface area contributed by atoms with E-state index < -0.39 is 5.54 Å². The molecule has 0 aliphatic carbocycles. The summed E-state index contributed by atoms with van der Waals surface area (Å²) >= 11 is 0. The van der Waals surface area contributed by atoms with Crippen molar-refractivity contribution in [3.05, 3.63) is 18.2 Å². The van der Waals surface area contributed by atoms with E-state index in [9.17, 15) is 0 Å². The Bertz CT molecular complexity index is 609. The lowest BCUT2D eigenvalue weighted by Gasteiger charge is -2.25. The summed E-state index contributed by atoms with van der Waals surface area (Å²) in [7, 11) is 1.65. The summed E-state index contributed by atoms with van der Waals surface area (Å²) in [5.41, 5.74) is 6.98. The van der Waals surface area contributed by atoms with Crippen LogP contribution in [0.2, 0.25) is 0 Å². The van der Waals surface area contributed by atoms with E-state index in [1.165, 1.54) is 0 Å². The molecule has 0 aliphatic rings. The van der Waals surface area contributed by atoms with E-state index in [2.05, 4.69) is 15.5 Å². The van der Waals surface area contributed by atoms with Gasteiger partial charge in [0.25, 0.3) is 0 Å². The lowest BCUT2D eigenvalue weighted by molar-refractivity contribution is 0.101. The van der Waals surface area contributed by atoms with Gasteiger partial charge >= 0.3 is 0 Å². The minimum Gasteiger partial charge on any atom is -0.493 e.